The topological polar surface area (TPSA) is 300 Å². The summed E-state index contributed by atoms with van der Waals surface area (Å²) in [5, 5.41) is 53.8. The van der Waals surface area contributed by atoms with E-state index in [0.29, 0.717) is 0 Å². The molecule has 20 heteroatoms. The third kappa shape index (κ3) is 26.7. The Balaban J connectivity index is -0.000000907. The van der Waals surface area contributed by atoms with Crippen molar-refractivity contribution in [2.45, 2.75) is 0 Å². The molecule has 0 amide bonds. The fourth-order valence-electron chi connectivity index (χ4n) is 2.96. The quantitative estimate of drug-likeness (QED) is 0.0689. The first-order valence-electron chi connectivity index (χ1n) is 9.98. The van der Waals surface area contributed by atoms with Gasteiger partial charge in [-0.1, -0.05) is 0 Å². The third-order valence-corrected chi connectivity index (χ3v) is 4.35. The number of hydrogen-bond donors (Lipinski definition) is 6. The summed E-state index contributed by atoms with van der Waals surface area (Å²) >= 11 is 0. The number of aliphatic carboxylic acids is 6. The zero-order valence-electron chi connectivity index (χ0n) is 20.2. The summed E-state index contributed by atoms with van der Waals surface area (Å²) < 4.78 is 0. The van der Waals surface area contributed by atoms with Gasteiger partial charge >= 0.3 is 70.5 Å². The van der Waals surface area contributed by atoms with E-state index >= 15 is 0 Å². The molecule has 0 saturated heterocycles. The van der Waals surface area contributed by atoms with Crippen LogP contribution in [0.25, 0.3) is 0 Å². The Hall–Kier alpha value is -2.36. The van der Waals surface area contributed by atoms with E-state index in [1.807, 2.05) is 0 Å². The van der Waals surface area contributed by atoms with Crippen LogP contribution in [0.4, 0.5) is 0 Å². The first-order chi connectivity index (χ1) is 15.8. The van der Waals surface area contributed by atoms with E-state index in [0.717, 1.165) is 9.80 Å². The zero-order valence-corrected chi connectivity index (χ0v) is 22.8. The van der Waals surface area contributed by atoms with Gasteiger partial charge < -0.3 is 41.6 Å². The van der Waals surface area contributed by atoms with Crippen LogP contribution in [0.1, 0.15) is 0 Å². The van der Waals surface area contributed by atoms with E-state index in [1.165, 1.54) is 9.80 Å². The maximum Gasteiger partial charge on any atom is 2.00 e. The van der Waals surface area contributed by atoms with E-state index in [1.54, 1.807) is 0 Å². The molecule has 10 N–H and O–H groups in total. The number of carboxylic acid groups (broad SMARTS) is 6. The molecule has 0 aromatic carbocycles. The van der Waals surface area contributed by atoms with Crippen molar-refractivity contribution in [1.82, 2.24) is 19.6 Å². The Kier molecular flexibility index (Phi) is 29.9. The van der Waals surface area contributed by atoms with Gasteiger partial charge in [-0.25, -0.2) is 0 Å². The Morgan fingerprint density at radius 3 is 0.632 bits per heavy atom. The van der Waals surface area contributed by atoms with Gasteiger partial charge in [-0.05, 0) is 0 Å². The molecule has 18 nitrogen and oxygen atoms in total. The van der Waals surface area contributed by atoms with Crippen LogP contribution in [0.3, 0.4) is 0 Å². The Bertz CT molecular complexity index is 654. The second kappa shape index (κ2) is 25.0. The first kappa shape index (κ1) is 45.6. The van der Waals surface area contributed by atoms with Gasteiger partial charge in [0.1, 0.15) is 0 Å². The van der Waals surface area contributed by atoms with Crippen LogP contribution in [0.5, 0.6) is 0 Å². The summed E-state index contributed by atoms with van der Waals surface area (Å²) in [4.78, 5) is 71.0. The Morgan fingerprint density at radius 2 is 0.474 bits per heavy atom. The standard InChI is InChI=1S/C18H30N4O12.2Cr.2H2O/c23-13(24)7-19(3-5-21(9-15(27)28)10-16(29)30)1-2-20(8-14(25)26)4-6-22(11-17(31)32)12-18(33)34;;;;/h1-12H2,(H,23,24)(H,25,26)(H,27,28)(H,29,30)(H,31,32)(H,33,34);;;2*1H2/q;2*+2;;. The van der Waals surface area contributed by atoms with Crippen molar-refractivity contribution < 1.29 is 105 Å². The van der Waals surface area contributed by atoms with Crippen molar-refractivity contribution in [2.24, 2.45) is 0 Å². The average Bonchev–Trinajstić information content (AvgIpc) is 2.64. The molecule has 0 fully saturated rings. The molecule has 38 heavy (non-hydrogen) atoms. The number of carbonyl (C=O) groups is 6. The molecular formula is C18H34Cr2N4O14+4. The minimum Gasteiger partial charge on any atom is -0.480 e. The normalized spacial score (nSPS) is 10.1. The van der Waals surface area contributed by atoms with E-state index in [2.05, 4.69) is 0 Å². The van der Waals surface area contributed by atoms with Crippen LogP contribution in [0.15, 0.2) is 0 Å². The van der Waals surface area contributed by atoms with Crippen molar-refractivity contribution in [1.29, 1.82) is 0 Å². The Morgan fingerprint density at radius 1 is 0.342 bits per heavy atom. The molecule has 0 aliphatic heterocycles. The third-order valence-electron chi connectivity index (χ3n) is 4.35. The molecule has 0 radical (unpaired) electrons. The summed E-state index contributed by atoms with van der Waals surface area (Å²) in [6.45, 7) is -3.36. The largest absolute Gasteiger partial charge is 2.00 e. The predicted octanol–water partition coefficient (Wildman–Crippen LogP) is -4.95. The maximum atomic E-state index is 11.2. The van der Waals surface area contributed by atoms with E-state index in [-0.39, 0.29) is 84.9 Å². The number of hydrogen-bond acceptors (Lipinski definition) is 10. The van der Waals surface area contributed by atoms with Gasteiger partial charge in [-0.3, -0.25) is 48.4 Å². The van der Waals surface area contributed by atoms with E-state index in [9.17, 15) is 28.8 Å². The minimum absolute atomic E-state index is 0. The van der Waals surface area contributed by atoms with Crippen molar-refractivity contribution in [3.05, 3.63) is 0 Å². The monoisotopic (exact) mass is 634 g/mol. The van der Waals surface area contributed by atoms with Crippen molar-refractivity contribution in [3.8, 4) is 0 Å². The van der Waals surface area contributed by atoms with E-state index < -0.39 is 75.1 Å². The maximum absolute atomic E-state index is 11.2. The van der Waals surface area contributed by atoms with Crippen LogP contribution >= 0.6 is 0 Å². The molecule has 0 aliphatic carbocycles. The van der Waals surface area contributed by atoms with Crippen molar-refractivity contribution in [2.75, 3.05) is 78.5 Å². The van der Waals surface area contributed by atoms with Crippen LogP contribution in [0, 0.1) is 0 Å². The molecule has 0 aromatic rings. The second-order valence-corrected chi connectivity index (χ2v) is 7.34. The van der Waals surface area contributed by atoms with Crippen molar-refractivity contribution in [3.63, 3.8) is 0 Å². The predicted molar refractivity (Wildman–Crippen MR) is 119 cm³/mol. The van der Waals surface area contributed by atoms with Gasteiger partial charge in [-0.2, -0.15) is 0 Å². The number of rotatable bonds is 21. The molecule has 0 saturated carbocycles. The minimum atomic E-state index is -1.26. The van der Waals surface area contributed by atoms with Crippen LogP contribution in [-0.2, 0) is 63.5 Å². The van der Waals surface area contributed by atoms with Gasteiger partial charge in [0, 0.05) is 39.3 Å². The summed E-state index contributed by atoms with van der Waals surface area (Å²) in [5.41, 5.74) is 0. The van der Waals surface area contributed by atoms with E-state index in [4.69, 9.17) is 30.6 Å². The van der Waals surface area contributed by atoms with Gasteiger partial charge in [0.05, 0.1) is 39.3 Å². The fraction of sp³-hybridized carbons (Fsp3) is 0.667. The smallest absolute Gasteiger partial charge is 0.480 e. The molecule has 0 rings (SSSR count). The van der Waals surface area contributed by atoms with Crippen molar-refractivity contribution >= 4 is 35.8 Å². The number of nitrogens with zero attached hydrogens (tertiary/aromatic N) is 4. The SMILES string of the molecule is O.O.O=C(O)CN(CCN(CCN(CC(=O)O)CC(=O)O)CC(=O)O)CCN(CC(=O)O)CC(=O)O.[Cr+2].[Cr+2]. The molecule has 0 bridgehead atoms. The number of carboxylic acids is 6. The van der Waals surface area contributed by atoms with Gasteiger partial charge in [0.25, 0.3) is 0 Å². The zero-order chi connectivity index (χ0) is 26.3. The molecule has 218 valence electrons. The van der Waals surface area contributed by atoms with Crippen LogP contribution in [-0.4, -0.2) is 176 Å². The summed E-state index contributed by atoms with van der Waals surface area (Å²) in [6.07, 6.45) is 0. The second-order valence-electron chi connectivity index (χ2n) is 7.34. The molecule has 0 heterocycles. The van der Waals surface area contributed by atoms with Gasteiger partial charge in [-0.15, -0.1) is 0 Å². The molecule has 0 aromatic heterocycles. The van der Waals surface area contributed by atoms with Gasteiger partial charge in [0.2, 0.25) is 0 Å². The Labute approximate surface area is 238 Å². The average molecular weight is 634 g/mol. The van der Waals surface area contributed by atoms with Gasteiger partial charge in [0.15, 0.2) is 0 Å². The fourth-order valence-corrected chi connectivity index (χ4v) is 2.96. The molecule has 0 aliphatic rings. The first-order valence-corrected chi connectivity index (χ1v) is 9.98. The summed E-state index contributed by atoms with van der Waals surface area (Å²) in [5.74, 6) is -7.45. The summed E-state index contributed by atoms with van der Waals surface area (Å²) in [6, 6.07) is 0. The molecular weight excluding hydrogens is 600 g/mol. The van der Waals surface area contributed by atoms with Crippen LogP contribution < -0.4 is 0 Å². The van der Waals surface area contributed by atoms with Crippen LogP contribution in [0.2, 0.25) is 0 Å². The molecule has 0 atom stereocenters. The molecule has 0 spiro atoms. The summed E-state index contributed by atoms with van der Waals surface area (Å²) in [7, 11) is 0. The molecule has 0 unspecified atom stereocenters.